The third-order valence-corrected chi connectivity index (χ3v) is 2.43. The van der Waals surface area contributed by atoms with Crippen LogP contribution in [0.25, 0.3) is 11.0 Å². The molecule has 0 unspecified atom stereocenters. The van der Waals surface area contributed by atoms with Gasteiger partial charge < -0.3 is 9.15 Å². The number of hydrogen-bond donors (Lipinski definition) is 0. The lowest BCUT2D eigenvalue weighted by molar-refractivity contribution is 0.104. The van der Waals surface area contributed by atoms with Crippen molar-refractivity contribution in [3.63, 3.8) is 0 Å². The Kier molecular flexibility index (Phi) is 3.18. The Morgan fingerprint density at radius 3 is 2.88 bits per heavy atom. The number of furan rings is 1. The molecule has 17 heavy (non-hydrogen) atoms. The standard InChI is InChI=1S/C14H15O3/c1-9(2)7-16-11-4-5-12-13(10(3)15)8-17-14(12)6-11/h4-6,8-9H,3,7H2,1-2H3. The third-order valence-electron chi connectivity index (χ3n) is 2.43. The molecule has 89 valence electrons. The summed E-state index contributed by atoms with van der Waals surface area (Å²) in [5, 5.41) is 0.780. The normalized spacial score (nSPS) is 11.1. The second-order valence-corrected chi connectivity index (χ2v) is 4.44. The average molecular weight is 231 g/mol. The molecule has 0 aliphatic carbocycles. The zero-order valence-electron chi connectivity index (χ0n) is 10.0. The van der Waals surface area contributed by atoms with Crippen LogP contribution in [0.2, 0.25) is 0 Å². The van der Waals surface area contributed by atoms with E-state index in [1.807, 2.05) is 12.1 Å². The van der Waals surface area contributed by atoms with Gasteiger partial charge >= 0.3 is 0 Å². The molecule has 0 aliphatic rings. The molecule has 0 spiro atoms. The first-order valence-corrected chi connectivity index (χ1v) is 5.58. The van der Waals surface area contributed by atoms with E-state index in [4.69, 9.17) is 9.15 Å². The molecule has 2 aromatic rings. The van der Waals surface area contributed by atoms with Crippen LogP contribution in [0.5, 0.6) is 5.75 Å². The van der Waals surface area contributed by atoms with E-state index in [0.29, 0.717) is 23.7 Å². The monoisotopic (exact) mass is 231 g/mol. The fourth-order valence-electron chi connectivity index (χ4n) is 1.58. The van der Waals surface area contributed by atoms with Crippen LogP contribution in [0.3, 0.4) is 0 Å². The van der Waals surface area contributed by atoms with Gasteiger partial charge in [0.05, 0.1) is 12.2 Å². The lowest BCUT2D eigenvalue weighted by Gasteiger charge is -2.08. The number of hydrogen-bond acceptors (Lipinski definition) is 3. The molecule has 2 rings (SSSR count). The maximum atomic E-state index is 11.2. The summed E-state index contributed by atoms with van der Waals surface area (Å²) >= 11 is 0. The second kappa shape index (κ2) is 4.62. The highest BCUT2D eigenvalue weighted by atomic mass is 16.5. The predicted molar refractivity (Wildman–Crippen MR) is 66.2 cm³/mol. The van der Waals surface area contributed by atoms with E-state index in [2.05, 4.69) is 20.8 Å². The molecule has 0 bridgehead atoms. The van der Waals surface area contributed by atoms with Crippen molar-refractivity contribution in [3.05, 3.63) is 36.9 Å². The summed E-state index contributed by atoms with van der Waals surface area (Å²) in [6, 6.07) is 5.46. The molecule has 3 heteroatoms. The van der Waals surface area contributed by atoms with Gasteiger partial charge in [-0.25, -0.2) is 0 Å². The number of ketones is 1. The average Bonchev–Trinajstić information content (AvgIpc) is 2.69. The minimum Gasteiger partial charge on any atom is -0.493 e. The zero-order valence-corrected chi connectivity index (χ0v) is 10.0. The van der Waals surface area contributed by atoms with Crippen molar-refractivity contribution < 1.29 is 13.9 Å². The van der Waals surface area contributed by atoms with E-state index in [1.165, 1.54) is 6.26 Å². The number of rotatable bonds is 4. The third kappa shape index (κ3) is 2.49. The first kappa shape index (κ1) is 11.7. The summed E-state index contributed by atoms with van der Waals surface area (Å²) in [7, 11) is 0. The van der Waals surface area contributed by atoms with E-state index >= 15 is 0 Å². The van der Waals surface area contributed by atoms with Gasteiger partial charge in [0.15, 0.2) is 5.78 Å². The maximum Gasteiger partial charge on any atom is 0.167 e. The Hall–Kier alpha value is -1.77. The Balaban J connectivity index is 2.29. The lowest BCUT2D eigenvalue weighted by atomic mass is 10.1. The number of Topliss-reactive ketones (excluding diaryl/α,β-unsaturated/α-hetero) is 1. The van der Waals surface area contributed by atoms with E-state index in [-0.39, 0.29) is 5.78 Å². The molecule has 0 N–H and O–H groups in total. The van der Waals surface area contributed by atoms with Gasteiger partial charge in [0, 0.05) is 18.4 Å². The summed E-state index contributed by atoms with van der Waals surface area (Å²) in [5.74, 6) is 0.988. The number of benzene rings is 1. The fourth-order valence-corrected chi connectivity index (χ4v) is 1.58. The van der Waals surface area contributed by atoms with Crippen LogP contribution in [0, 0.1) is 12.8 Å². The molecular weight excluding hydrogens is 216 g/mol. The Morgan fingerprint density at radius 1 is 1.47 bits per heavy atom. The van der Waals surface area contributed by atoms with Crippen molar-refractivity contribution >= 4 is 16.8 Å². The molecule has 1 aromatic heterocycles. The van der Waals surface area contributed by atoms with Crippen molar-refractivity contribution in [1.82, 2.24) is 0 Å². The highest BCUT2D eigenvalue weighted by molar-refractivity contribution is 6.09. The SMILES string of the molecule is [CH2]C(=O)c1coc2cc(OCC(C)C)ccc12. The Bertz CT molecular complexity index is 537. The van der Waals surface area contributed by atoms with Gasteiger partial charge in [-0.05, 0) is 18.1 Å². The smallest absolute Gasteiger partial charge is 0.167 e. The maximum absolute atomic E-state index is 11.2. The van der Waals surface area contributed by atoms with Crippen LogP contribution in [-0.2, 0) is 0 Å². The predicted octanol–water partition coefficient (Wildman–Crippen LogP) is 3.48. The molecule has 0 amide bonds. The molecule has 0 saturated heterocycles. The van der Waals surface area contributed by atoms with Crippen molar-refractivity contribution in [2.75, 3.05) is 6.61 Å². The van der Waals surface area contributed by atoms with Gasteiger partial charge in [0.1, 0.15) is 17.6 Å². The molecule has 1 heterocycles. The molecule has 1 radical (unpaired) electrons. The Labute approximate surface area is 100 Å². The Morgan fingerprint density at radius 2 is 2.24 bits per heavy atom. The number of carbonyl (C=O) groups is 1. The molecule has 1 aromatic carbocycles. The van der Waals surface area contributed by atoms with Gasteiger partial charge in [-0.1, -0.05) is 13.8 Å². The van der Waals surface area contributed by atoms with Crippen molar-refractivity contribution in [2.24, 2.45) is 5.92 Å². The van der Waals surface area contributed by atoms with Crippen molar-refractivity contribution in [3.8, 4) is 5.75 Å². The van der Waals surface area contributed by atoms with Crippen LogP contribution in [0.4, 0.5) is 0 Å². The minimum absolute atomic E-state index is 0.236. The molecule has 0 fully saturated rings. The quantitative estimate of drug-likeness (QED) is 0.756. The summed E-state index contributed by atoms with van der Waals surface area (Å²) in [5.41, 5.74) is 1.16. The van der Waals surface area contributed by atoms with E-state index in [0.717, 1.165) is 11.1 Å². The molecule has 0 atom stereocenters. The molecular formula is C14H15O3. The second-order valence-electron chi connectivity index (χ2n) is 4.44. The number of carbonyl (C=O) groups excluding carboxylic acids is 1. The molecule has 0 saturated carbocycles. The summed E-state index contributed by atoms with van der Waals surface area (Å²) in [4.78, 5) is 11.2. The van der Waals surface area contributed by atoms with Gasteiger partial charge in [-0.2, -0.15) is 0 Å². The fraction of sp³-hybridized carbons (Fsp3) is 0.286. The zero-order chi connectivity index (χ0) is 12.4. The summed E-state index contributed by atoms with van der Waals surface area (Å²) in [6.07, 6.45) is 1.44. The number of ether oxygens (including phenoxy) is 1. The van der Waals surface area contributed by atoms with Crippen LogP contribution in [0.15, 0.2) is 28.9 Å². The minimum atomic E-state index is -0.236. The van der Waals surface area contributed by atoms with Gasteiger partial charge in [0.25, 0.3) is 0 Å². The van der Waals surface area contributed by atoms with Gasteiger partial charge in [-0.3, -0.25) is 4.79 Å². The largest absolute Gasteiger partial charge is 0.493 e. The van der Waals surface area contributed by atoms with E-state index in [9.17, 15) is 4.79 Å². The van der Waals surface area contributed by atoms with Crippen molar-refractivity contribution in [1.29, 1.82) is 0 Å². The van der Waals surface area contributed by atoms with E-state index in [1.54, 1.807) is 6.07 Å². The van der Waals surface area contributed by atoms with Crippen molar-refractivity contribution in [2.45, 2.75) is 13.8 Å². The highest BCUT2D eigenvalue weighted by Crippen LogP contribution is 2.26. The lowest BCUT2D eigenvalue weighted by Crippen LogP contribution is -2.04. The highest BCUT2D eigenvalue weighted by Gasteiger charge is 2.10. The topological polar surface area (TPSA) is 39.4 Å². The van der Waals surface area contributed by atoms with Gasteiger partial charge in [0.2, 0.25) is 0 Å². The summed E-state index contributed by atoms with van der Waals surface area (Å²) in [6.45, 7) is 8.22. The van der Waals surface area contributed by atoms with Gasteiger partial charge in [-0.15, -0.1) is 0 Å². The van der Waals surface area contributed by atoms with Crippen LogP contribution in [0.1, 0.15) is 24.2 Å². The van der Waals surface area contributed by atoms with E-state index < -0.39 is 0 Å². The van der Waals surface area contributed by atoms with Crippen LogP contribution in [-0.4, -0.2) is 12.4 Å². The molecule has 3 nitrogen and oxygen atoms in total. The summed E-state index contributed by atoms with van der Waals surface area (Å²) < 4.78 is 10.9. The van der Waals surface area contributed by atoms with Crippen LogP contribution >= 0.6 is 0 Å². The first-order chi connectivity index (χ1) is 8.08. The molecule has 0 aliphatic heterocycles. The first-order valence-electron chi connectivity index (χ1n) is 5.58. The van der Waals surface area contributed by atoms with Crippen LogP contribution < -0.4 is 4.74 Å². The number of fused-ring (bicyclic) bond motifs is 1.